The van der Waals surface area contributed by atoms with Crippen molar-refractivity contribution in [1.82, 2.24) is 34.9 Å². The van der Waals surface area contributed by atoms with Crippen LogP contribution in [-0.2, 0) is 0 Å². The number of nitrogens with one attached hydrogen (secondary N) is 1. The molecule has 0 atom stereocenters. The van der Waals surface area contributed by atoms with E-state index >= 15 is 0 Å². The lowest BCUT2D eigenvalue weighted by molar-refractivity contribution is 0.451. The van der Waals surface area contributed by atoms with Gasteiger partial charge < -0.3 is 9.52 Å². The maximum atomic E-state index is 11.6. The monoisotopic (exact) mass is 491 g/mol. The van der Waals surface area contributed by atoms with E-state index in [1.54, 1.807) is 41.1 Å². The molecular formula is C22H11Cl2N7O3. The zero-order valence-corrected chi connectivity index (χ0v) is 18.4. The molecule has 0 aliphatic carbocycles. The molecule has 0 spiro atoms. The van der Waals surface area contributed by atoms with E-state index in [4.69, 9.17) is 27.6 Å². The number of aromatic amines is 1. The van der Waals surface area contributed by atoms with E-state index in [2.05, 4.69) is 42.2 Å². The van der Waals surface area contributed by atoms with Crippen molar-refractivity contribution in [3.63, 3.8) is 0 Å². The van der Waals surface area contributed by atoms with Crippen LogP contribution in [0.1, 0.15) is 11.7 Å². The van der Waals surface area contributed by atoms with Crippen LogP contribution in [0, 0.1) is 11.8 Å². The lowest BCUT2D eigenvalue weighted by Crippen LogP contribution is -2.03. The molecule has 4 heterocycles. The molecule has 2 N–H and O–H groups in total. The van der Waals surface area contributed by atoms with Gasteiger partial charge in [0.25, 0.3) is 11.4 Å². The molecule has 34 heavy (non-hydrogen) atoms. The zero-order chi connectivity index (χ0) is 23.7. The Kier molecular flexibility index (Phi) is 5.55. The van der Waals surface area contributed by atoms with E-state index < -0.39 is 5.56 Å². The van der Waals surface area contributed by atoms with Crippen LogP contribution in [0.4, 0.5) is 0 Å². The van der Waals surface area contributed by atoms with Gasteiger partial charge >= 0.3 is 0 Å². The maximum Gasteiger partial charge on any atom is 0.294 e. The van der Waals surface area contributed by atoms with Crippen molar-refractivity contribution in [1.29, 1.82) is 0 Å². The summed E-state index contributed by atoms with van der Waals surface area (Å²) in [7, 11) is 0. The third-order valence-electron chi connectivity index (χ3n) is 4.53. The maximum absolute atomic E-state index is 11.6. The zero-order valence-electron chi connectivity index (χ0n) is 16.9. The number of rotatable bonds is 3. The summed E-state index contributed by atoms with van der Waals surface area (Å²) in [6.07, 6.45) is 1.57. The second-order valence-electron chi connectivity index (χ2n) is 6.78. The Morgan fingerprint density at radius 3 is 2.59 bits per heavy atom. The standard InChI is InChI=1S/C22H11Cl2N7O3/c23-14-3-1-2-4-15(14)31-17(27-29-21(31)12-5-6-16(24)25-11-12)7-8-20-28-30-22(34-20)13-9-18(32)26-19(33)10-13/h1-6,9-11H,(H2,26,32,33). The molecule has 0 aliphatic heterocycles. The molecule has 10 nitrogen and oxygen atoms in total. The Morgan fingerprint density at radius 2 is 1.82 bits per heavy atom. The molecule has 0 aliphatic rings. The van der Waals surface area contributed by atoms with E-state index in [1.165, 1.54) is 12.1 Å². The average molecular weight is 492 g/mol. The topological polar surface area (TPSA) is 136 Å². The second-order valence-corrected chi connectivity index (χ2v) is 7.58. The van der Waals surface area contributed by atoms with Gasteiger partial charge in [-0.3, -0.25) is 14.3 Å². The van der Waals surface area contributed by atoms with Crippen molar-refractivity contribution >= 4 is 23.2 Å². The average Bonchev–Trinajstić information content (AvgIpc) is 3.45. The van der Waals surface area contributed by atoms with Gasteiger partial charge in [-0.1, -0.05) is 40.4 Å². The number of benzene rings is 1. The van der Waals surface area contributed by atoms with E-state index in [1.807, 2.05) is 6.07 Å². The van der Waals surface area contributed by atoms with Crippen LogP contribution in [0.15, 0.2) is 63.9 Å². The Morgan fingerprint density at radius 1 is 0.971 bits per heavy atom. The van der Waals surface area contributed by atoms with Gasteiger partial charge in [0, 0.05) is 35.4 Å². The van der Waals surface area contributed by atoms with Crippen molar-refractivity contribution in [3.8, 4) is 46.3 Å². The molecule has 5 aromatic rings. The Labute approximate surface area is 200 Å². The van der Waals surface area contributed by atoms with Gasteiger partial charge in [-0.05, 0) is 30.2 Å². The molecule has 0 radical (unpaired) electrons. The van der Waals surface area contributed by atoms with Crippen molar-refractivity contribution in [2.45, 2.75) is 0 Å². The summed E-state index contributed by atoms with van der Waals surface area (Å²) in [6, 6.07) is 13.1. The van der Waals surface area contributed by atoms with Crippen LogP contribution in [-0.4, -0.2) is 40.0 Å². The van der Waals surface area contributed by atoms with Crippen molar-refractivity contribution < 1.29 is 9.52 Å². The van der Waals surface area contributed by atoms with E-state index in [0.29, 0.717) is 27.3 Å². The second kappa shape index (κ2) is 8.82. The highest BCUT2D eigenvalue weighted by atomic mass is 35.5. The predicted octanol–water partition coefficient (Wildman–Crippen LogP) is 3.48. The predicted molar refractivity (Wildman–Crippen MR) is 123 cm³/mol. The summed E-state index contributed by atoms with van der Waals surface area (Å²) in [5, 5.41) is 26.6. The Bertz CT molecular complexity index is 1630. The lowest BCUT2D eigenvalue weighted by Gasteiger charge is -2.09. The van der Waals surface area contributed by atoms with Gasteiger partial charge in [0.05, 0.1) is 10.7 Å². The van der Waals surface area contributed by atoms with Crippen LogP contribution in [0.5, 0.6) is 5.88 Å². The van der Waals surface area contributed by atoms with Gasteiger partial charge in [0.15, 0.2) is 11.7 Å². The smallest absolute Gasteiger partial charge is 0.294 e. The fourth-order valence-corrected chi connectivity index (χ4v) is 3.41. The van der Waals surface area contributed by atoms with Crippen molar-refractivity contribution in [2.75, 3.05) is 0 Å². The fourth-order valence-electron chi connectivity index (χ4n) is 3.07. The van der Waals surface area contributed by atoms with Crippen molar-refractivity contribution in [3.05, 3.63) is 87.0 Å². The first-order valence-corrected chi connectivity index (χ1v) is 10.3. The number of hydrogen-bond acceptors (Lipinski definition) is 8. The highest BCUT2D eigenvalue weighted by Gasteiger charge is 2.17. The summed E-state index contributed by atoms with van der Waals surface area (Å²) >= 11 is 12.3. The molecule has 0 unspecified atom stereocenters. The highest BCUT2D eigenvalue weighted by Crippen LogP contribution is 2.27. The molecule has 0 saturated carbocycles. The molecule has 166 valence electrons. The number of para-hydroxylation sites is 1. The molecule has 4 aromatic heterocycles. The minimum atomic E-state index is -0.516. The van der Waals surface area contributed by atoms with Crippen LogP contribution < -0.4 is 5.56 Å². The Hall–Kier alpha value is -4.46. The molecule has 0 fully saturated rings. The number of aromatic nitrogens is 7. The number of H-pyrrole nitrogens is 1. The molecule has 12 heteroatoms. The van der Waals surface area contributed by atoms with Crippen LogP contribution >= 0.6 is 23.2 Å². The third kappa shape index (κ3) is 4.25. The van der Waals surface area contributed by atoms with E-state index in [9.17, 15) is 9.90 Å². The van der Waals surface area contributed by atoms with E-state index in [0.717, 1.165) is 0 Å². The first-order valence-electron chi connectivity index (χ1n) is 9.59. The lowest BCUT2D eigenvalue weighted by atomic mass is 10.2. The van der Waals surface area contributed by atoms with Crippen molar-refractivity contribution in [2.24, 2.45) is 0 Å². The van der Waals surface area contributed by atoms with Gasteiger partial charge in [-0.2, -0.15) is 0 Å². The molecule has 0 bridgehead atoms. The normalized spacial score (nSPS) is 10.6. The van der Waals surface area contributed by atoms with E-state index in [-0.39, 0.29) is 29.0 Å². The number of nitrogens with zero attached hydrogens (tertiary/aromatic N) is 6. The molecular weight excluding hydrogens is 481 g/mol. The highest BCUT2D eigenvalue weighted by molar-refractivity contribution is 6.32. The third-order valence-corrected chi connectivity index (χ3v) is 5.07. The van der Waals surface area contributed by atoms with Gasteiger partial charge in [0.2, 0.25) is 11.7 Å². The SMILES string of the molecule is O=c1cc(-c2nnc(C#Cc3nnc(-c4ccc(Cl)nc4)n3-c3ccccc3Cl)o2)cc(O)[nH]1. The van der Waals surface area contributed by atoms with Crippen LogP contribution in [0.2, 0.25) is 10.2 Å². The minimum absolute atomic E-state index is 0.0196. The van der Waals surface area contributed by atoms with Crippen LogP contribution in [0.3, 0.4) is 0 Å². The summed E-state index contributed by atoms with van der Waals surface area (Å²) in [5.74, 6) is 5.98. The fraction of sp³-hybridized carbons (Fsp3) is 0. The largest absolute Gasteiger partial charge is 0.494 e. The van der Waals surface area contributed by atoms with Gasteiger partial charge in [0.1, 0.15) is 5.15 Å². The summed E-state index contributed by atoms with van der Waals surface area (Å²) in [5.41, 5.74) is 0.990. The molecule has 1 aromatic carbocycles. The number of aromatic hydroxyl groups is 1. The first kappa shape index (κ1) is 21.4. The van der Waals surface area contributed by atoms with Crippen LogP contribution in [0.25, 0.3) is 28.5 Å². The number of halogens is 2. The first-order chi connectivity index (χ1) is 16.5. The summed E-state index contributed by atoms with van der Waals surface area (Å²) in [4.78, 5) is 17.9. The number of hydrogen-bond donors (Lipinski definition) is 2. The van der Waals surface area contributed by atoms with Gasteiger partial charge in [-0.25, -0.2) is 4.98 Å². The quantitative estimate of drug-likeness (QED) is 0.289. The minimum Gasteiger partial charge on any atom is -0.494 e. The van der Waals surface area contributed by atoms with Gasteiger partial charge in [-0.15, -0.1) is 15.3 Å². The molecule has 5 rings (SSSR count). The summed E-state index contributed by atoms with van der Waals surface area (Å²) < 4.78 is 7.18. The molecule has 0 amide bonds. The Balaban J connectivity index is 1.57. The number of pyridine rings is 2. The molecule has 0 saturated heterocycles. The summed E-state index contributed by atoms with van der Waals surface area (Å²) in [6.45, 7) is 0.